The maximum absolute atomic E-state index is 13.9. The molecule has 0 radical (unpaired) electrons. The highest BCUT2D eigenvalue weighted by Gasteiger charge is 2.36. The zero-order valence-electron chi connectivity index (χ0n) is 23.3. The monoisotopic (exact) mass is 634 g/mol. The number of para-hydroxylation sites is 2. The minimum atomic E-state index is -4.68. The summed E-state index contributed by atoms with van der Waals surface area (Å²) in [7, 11) is -3.44. The van der Waals surface area contributed by atoms with Gasteiger partial charge in [0.15, 0.2) is 15.5 Å². The van der Waals surface area contributed by atoms with Gasteiger partial charge in [0.1, 0.15) is 23.9 Å². The second-order valence-corrected chi connectivity index (χ2v) is 13.0. The molecule has 0 aliphatic heterocycles. The molecule has 7 nitrogen and oxygen atoms in total. The number of alkyl halides is 3. The molecule has 0 amide bonds. The first kappa shape index (κ1) is 29.4. The van der Waals surface area contributed by atoms with E-state index in [1.54, 1.807) is 60.1 Å². The van der Waals surface area contributed by atoms with E-state index in [0.29, 0.717) is 39.8 Å². The van der Waals surface area contributed by atoms with Crippen molar-refractivity contribution in [2.75, 3.05) is 6.26 Å². The zero-order chi connectivity index (χ0) is 30.9. The molecular weight excluding hydrogens is 610 g/mol. The molecule has 6 rings (SSSR count). The van der Waals surface area contributed by atoms with Crippen LogP contribution in [-0.2, 0) is 29.2 Å². The highest BCUT2D eigenvalue weighted by molar-refractivity contribution is 7.90. The SMILES string of the molecule is CS(=O)(=O)c1cccc(-c2csc(-c3cc(C(F)(F)F)nn3-c3ccccc3OCc3nccn3Cc3ccccc3)c2)c1. The molecule has 44 heavy (non-hydrogen) atoms. The number of aromatic nitrogens is 4. The summed E-state index contributed by atoms with van der Waals surface area (Å²) >= 11 is 1.23. The van der Waals surface area contributed by atoms with Crippen LogP contribution in [0.5, 0.6) is 5.75 Å². The smallest absolute Gasteiger partial charge is 0.435 e. The van der Waals surface area contributed by atoms with Gasteiger partial charge in [-0.05, 0) is 58.5 Å². The fourth-order valence-corrected chi connectivity index (χ4v) is 6.29. The van der Waals surface area contributed by atoms with Gasteiger partial charge in [-0.25, -0.2) is 18.1 Å². The maximum Gasteiger partial charge on any atom is 0.435 e. The van der Waals surface area contributed by atoms with E-state index in [4.69, 9.17) is 4.74 Å². The van der Waals surface area contributed by atoms with E-state index >= 15 is 0 Å². The number of imidazole rings is 1. The predicted molar refractivity (Wildman–Crippen MR) is 163 cm³/mol. The molecule has 224 valence electrons. The first-order chi connectivity index (χ1) is 21.1. The summed E-state index contributed by atoms with van der Waals surface area (Å²) in [6, 6.07) is 25.8. The topological polar surface area (TPSA) is 79.0 Å². The summed E-state index contributed by atoms with van der Waals surface area (Å²) in [5, 5.41) is 5.73. The molecule has 0 N–H and O–H groups in total. The summed E-state index contributed by atoms with van der Waals surface area (Å²) in [6.07, 6.45) is -0.0337. The molecule has 3 aromatic carbocycles. The molecule has 0 spiro atoms. The average Bonchev–Trinajstić information content (AvgIpc) is 3.76. The van der Waals surface area contributed by atoms with Gasteiger partial charge in [-0.3, -0.25) is 0 Å². The number of hydrogen-bond donors (Lipinski definition) is 0. The standard InChI is InChI=1S/C32H25F3N4O3S2/c1-44(40,41)25-11-7-10-23(16-25)24-17-29(43-21-24)27-18-30(32(33,34)35)37-39(27)26-12-5-6-13-28(26)42-20-31-36-14-15-38(31)19-22-8-3-2-4-9-22/h2-18,21H,19-20H2,1H3. The van der Waals surface area contributed by atoms with Crippen molar-refractivity contribution >= 4 is 21.2 Å². The van der Waals surface area contributed by atoms with Gasteiger partial charge in [-0.2, -0.15) is 18.3 Å². The average molecular weight is 635 g/mol. The Morgan fingerprint density at radius 2 is 1.68 bits per heavy atom. The summed E-state index contributed by atoms with van der Waals surface area (Å²) < 4.78 is 75.2. The third-order valence-electron chi connectivity index (χ3n) is 6.89. The minimum absolute atomic E-state index is 0.0827. The van der Waals surface area contributed by atoms with Crippen LogP contribution < -0.4 is 4.74 Å². The van der Waals surface area contributed by atoms with Crippen LogP contribution in [0.3, 0.4) is 0 Å². The van der Waals surface area contributed by atoms with E-state index in [1.165, 1.54) is 22.1 Å². The van der Waals surface area contributed by atoms with Crippen molar-refractivity contribution < 1.29 is 26.3 Å². The molecule has 0 bridgehead atoms. The lowest BCUT2D eigenvalue weighted by Gasteiger charge is -2.14. The second-order valence-electron chi connectivity index (χ2n) is 10.0. The third kappa shape index (κ3) is 6.31. The summed E-state index contributed by atoms with van der Waals surface area (Å²) in [4.78, 5) is 5.08. The number of hydrogen-bond acceptors (Lipinski definition) is 6. The molecule has 0 saturated heterocycles. The van der Waals surface area contributed by atoms with Crippen LogP contribution in [0.1, 0.15) is 17.1 Å². The van der Waals surface area contributed by atoms with Crippen LogP contribution in [0.2, 0.25) is 0 Å². The molecule has 12 heteroatoms. The molecule has 0 saturated carbocycles. The van der Waals surface area contributed by atoms with E-state index in [9.17, 15) is 21.6 Å². The number of rotatable bonds is 9. The van der Waals surface area contributed by atoms with Gasteiger partial charge in [0, 0.05) is 25.2 Å². The highest BCUT2D eigenvalue weighted by Crippen LogP contribution is 2.39. The van der Waals surface area contributed by atoms with Crippen molar-refractivity contribution in [3.8, 4) is 33.1 Å². The molecule has 0 fully saturated rings. The molecule has 3 heterocycles. The lowest BCUT2D eigenvalue weighted by atomic mass is 10.1. The van der Waals surface area contributed by atoms with Crippen LogP contribution in [-0.4, -0.2) is 34.0 Å². The minimum Gasteiger partial charge on any atom is -0.483 e. The van der Waals surface area contributed by atoms with Crippen molar-refractivity contribution in [3.63, 3.8) is 0 Å². The van der Waals surface area contributed by atoms with Gasteiger partial charge >= 0.3 is 6.18 Å². The van der Waals surface area contributed by atoms with Gasteiger partial charge in [0.25, 0.3) is 0 Å². The Morgan fingerprint density at radius 3 is 2.45 bits per heavy atom. The van der Waals surface area contributed by atoms with Crippen molar-refractivity contribution in [1.82, 2.24) is 19.3 Å². The van der Waals surface area contributed by atoms with Crippen molar-refractivity contribution in [1.29, 1.82) is 0 Å². The number of nitrogens with zero attached hydrogens (tertiary/aromatic N) is 4. The first-order valence-electron chi connectivity index (χ1n) is 13.4. The largest absolute Gasteiger partial charge is 0.483 e. The highest BCUT2D eigenvalue weighted by atomic mass is 32.2. The molecule has 0 unspecified atom stereocenters. The maximum atomic E-state index is 13.9. The molecule has 3 aromatic heterocycles. The second kappa shape index (κ2) is 11.8. The summed E-state index contributed by atoms with van der Waals surface area (Å²) in [5.74, 6) is 0.983. The normalized spacial score (nSPS) is 12.0. The fourth-order valence-electron chi connectivity index (χ4n) is 4.71. The van der Waals surface area contributed by atoms with E-state index in [-0.39, 0.29) is 17.2 Å². The Hall–Kier alpha value is -4.68. The van der Waals surface area contributed by atoms with Crippen LogP contribution in [0.25, 0.3) is 27.4 Å². The molecular formula is C32H25F3N4O3S2. The molecule has 0 atom stereocenters. The van der Waals surface area contributed by atoms with Crippen LogP contribution in [0.4, 0.5) is 13.2 Å². The van der Waals surface area contributed by atoms with Crippen LogP contribution in [0, 0.1) is 0 Å². The van der Waals surface area contributed by atoms with E-state index in [2.05, 4.69) is 10.1 Å². The molecule has 0 aliphatic carbocycles. The van der Waals surface area contributed by atoms with Gasteiger partial charge < -0.3 is 9.30 Å². The number of sulfone groups is 1. The van der Waals surface area contributed by atoms with Gasteiger partial charge in [0.2, 0.25) is 0 Å². The Labute approximate surface area is 255 Å². The van der Waals surface area contributed by atoms with Gasteiger partial charge in [-0.1, -0.05) is 54.6 Å². The van der Waals surface area contributed by atoms with Crippen molar-refractivity contribution in [2.24, 2.45) is 0 Å². The Bertz CT molecular complexity index is 2030. The summed E-state index contributed by atoms with van der Waals surface area (Å²) in [5.41, 5.74) is 1.89. The first-order valence-corrected chi connectivity index (χ1v) is 16.2. The number of thiophene rings is 1. The lowest BCUT2D eigenvalue weighted by Crippen LogP contribution is -2.10. The number of ether oxygens (including phenoxy) is 1. The fraction of sp³-hybridized carbons (Fsp3) is 0.125. The van der Waals surface area contributed by atoms with Crippen LogP contribution >= 0.6 is 11.3 Å². The number of benzene rings is 3. The van der Waals surface area contributed by atoms with Gasteiger partial charge in [-0.15, -0.1) is 11.3 Å². The van der Waals surface area contributed by atoms with E-state index in [0.717, 1.165) is 17.9 Å². The predicted octanol–water partition coefficient (Wildman–Crippen LogP) is 7.51. The zero-order valence-corrected chi connectivity index (χ0v) is 24.9. The number of halogens is 3. The third-order valence-corrected chi connectivity index (χ3v) is 8.96. The van der Waals surface area contributed by atoms with Crippen molar-refractivity contribution in [3.05, 3.63) is 126 Å². The Morgan fingerprint density at radius 1 is 0.909 bits per heavy atom. The Balaban J connectivity index is 1.34. The lowest BCUT2D eigenvalue weighted by molar-refractivity contribution is -0.141. The Kier molecular flexibility index (Phi) is 7.87. The quantitative estimate of drug-likeness (QED) is 0.165. The summed E-state index contributed by atoms with van der Waals surface area (Å²) in [6.45, 7) is 0.673. The van der Waals surface area contributed by atoms with Crippen LogP contribution in [0.15, 0.2) is 114 Å². The molecule has 6 aromatic rings. The van der Waals surface area contributed by atoms with Crippen molar-refractivity contribution in [2.45, 2.75) is 24.2 Å². The van der Waals surface area contributed by atoms with E-state index in [1.807, 2.05) is 41.1 Å². The van der Waals surface area contributed by atoms with E-state index < -0.39 is 21.7 Å². The van der Waals surface area contributed by atoms with Gasteiger partial charge in [0.05, 0.1) is 15.5 Å². The molecule has 0 aliphatic rings.